The highest BCUT2D eigenvalue weighted by Crippen LogP contribution is 2.35. The SMILES string of the molecule is CC(C)(CC(=O)O)c1ccccc1OC1CCOCC1. The van der Waals surface area contributed by atoms with Crippen LogP contribution in [-0.4, -0.2) is 30.4 Å². The molecule has 1 fully saturated rings. The van der Waals surface area contributed by atoms with Gasteiger partial charge in [-0.25, -0.2) is 0 Å². The van der Waals surface area contributed by atoms with Crippen molar-refractivity contribution in [2.24, 2.45) is 0 Å². The number of benzene rings is 1. The molecule has 110 valence electrons. The number of carboxylic acids is 1. The highest BCUT2D eigenvalue weighted by atomic mass is 16.5. The summed E-state index contributed by atoms with van der Waals surface area (Å²) in [7, 11) is 0. The van der Waals surface area contributed by atoms with Crippen molar-refractivity contribution in [1.82, 2.24) is 0 Å². The maximum atomic E-state index is 11.0. The fourth-order valence-corrected chi connectivity index (χ4v) is 2.58. The van der Waals surface area contributed by atoms with Crippen LogP contribution in [-0.2, 0) is 14.9 Å². The summed E-state index contributed by atoms with van der Waals surface area (Å²) in [6.07, 6.45) is 2.01. The smallest absolute Gasteiger partial charge is 0.304 e. The second-order valence-electron chi connectivity index (χ2n) is 5.88. The van der Waals surface area contributed by atoms with E-state index >= 15 is 0 Å². The van der Waals surface area contributed by atoms with Crippen molar-refractivity contribution >= 4 is 5.97 Å². The van der Waals surface area contributed by atoms with Crippen molar-refractivity contribution in [2.45, 2.75) is 44.6 Å². The Kier molecular flexibility index (Phi) is 4.65. The van der Waals surface area contributed by atoms with Crippen molar-refractivity contribution in [1.29, 1.82) is 0 Å². The fraction of sp³-hybridized carbons (Fsp3) is 0.562. The Morgan fingerprint density at radius 1 is 1.35 bits per heavy atom. The standard InChI is InChI=1S/C16H22O4/c1-16(2,11-15(17)18)13-5-3-4-6-14(13)20-12-7-9-19-10-8-12/h3-6,12H,7-11H2,1-2H3,(H,17,18). The highest BCUT2D eigenvalue weighted by molar-refractivity contribution is 5.69. The topological polar surface area (TPSA) is 55.8 Å². The van der Waals surface area contributed by atoms with E-state index in [0.29, 0.717) is 0 Å². The summed E-state index contributed by atoms with van der Waals surface area (Å²) in [5.74, 6) is 0.00141. The summed E-state index contributed by atoms with van der Waals surface area (Å²) >= 11 is 0. The van der Waals surface area contributed by atoms with Gasteiger partial charge in [0.1, 0.15) is 11.9 Å². The van der Waals surface area contributed by atoms with Crippen LogP contribution in [0.4, 0.5) is 0 Å². The number of hydrogen-bond donors (Lipinski definition) is 1. The second kappa shape index (κ2) is 6.27. The van der Waals surface area contributed by atoms with Gasteiger partial charge < -0.3 is 14.6 Å². The van der Waals surface area contributed by atoms with Crippen molar-refractivity contribution in [2.75, 3.05) is 13.2 Å². The molecule has 1 saturated heterocycles. The molecule has 0 unspecified atom stereocenters. The molecule has 0 aliphatic carbocycles. The third-order valence-electron chi connectivity index (χ3n) is 3.67. The minimum Gasteiger partial charge on any atom is -0.490 e. The Hall–Kier alpha value is -1.55. The van der Waals surface area contributed by atoms with Gasteiger partial charge in [-0.3, -0.25) is 4.79 Å². The summed E-state index contributed by atoms with van der Waals surface area (Å²) in [5, 5.41) is 9.07. The lowest BCUT2D eigenvalue weighted by Gasteiger charge is -2.29. The minimum atomic E-state index is -0.795. The zero-order valence-corrected chi connectivity index (χ0v) is 12.1. The first kappa shape index (κ1) is 14.9. The van der Waals surface area contributed by atoms with E-state index in [1.54, 1.807) is 0 Å². The molecule has 0 saturated carbocycles. The molecule has 2 rings (SSSR count). The van der Waals surface area contributed by atoms with Gasteiger partial charge in [-0.1, -0.05) is 32.0 Å². The second-order valence-corrected chi connectivity index (χ2v) is 5.88. The number of hydrogen-bond acceptors (Lipinski definition) is 3. The van der Waals surface area contributed by atoms with Crippen LogP contribution in [0.5, 0.6) is 5.75 Å². The quantitative estimate of drug-likeness (QED) is 0.899. The van der Waals surface area contributed by atoms with Gasteiger partial charge in [-0.2, -0.15) is 0 Å². The van der Waals surface area contributed by atoms with Crippen LogP contribution in [0.3, 0.4) is 0 Å². The Morgan fingerprint density at radius 3 is 2.65 bits per heavy atom. The first-order valence-electron chi connectivity index (χ1n) is 7.05. The molecular formula is C16H22O4. The fourth-order valence-electron chi connectivity index (χ4n) is 2.58. The predicted octanol–water partition coefficient (Wildman–Crippen LogP) is 3.00. The van der Waals surface area contributed by atoms with E-state index < -0.39 is 11.4 Å². The van der Waals surface area contributed by atoms with Crippen LogP contribution in [0.25, 0.3) is 0 Å². The Bertz CT molecular complexity index is 461. The predicted molar refractivity (Wildman–Crippen MR) is 76.2 cm³/mol. The largest absolute Gasteiger partial charge is 0.490 e. The van der Waals surface area contributed by atoms with Crippen molar-refractivity contribution in [3.8, 4) is 5.75 Å². The van der Waals surface area contributed by atoms with E-state index in [9.17, 15) is 4.79 Å². The van der Waals surface area contributed by atoms with E-state index in [-0.39, 0.29) is 12.5 Å². The molecule has 1 N–H and O–H groups in total. The van der Waals surface area contributed by atoms with Gasteiger partial charge in [-0.15, -0.1) is 0 Å². The molecule has 1 heterocycles. The molecular weight excluding hydrogens is 256 g/mol. The number of rotatable bonds is 5. The van der Waals surface area contributed by atoms with Crippen molar-refractivity contribution < 1.29 is 19.4 Å². The first-order chi connectivity index (χ1) is 9.49. The molecule has 4 nitrogen and oxygen atoms in total. The molecule has 1 aliphatic heterocycles. The van der Waals surface area contributed by atoms with E-state index in [4.69, 9.17) is 14.6 Å². The van der Waals surface area contributed by atoms with E-state index in [0.717, 1.165) is 37.4 Å². The lowest BCUT2D eigenvalue weighted by molar-refractivity contribution is -0.138. The van der Waals surface area contributed by atoms with E-state index in [1.807, 2.05) is 38.1 Å². The third-order valence-corrected chi connectivity index (χ3v) is 3.67. The maximum absolute atomic E-state index is 11.0. The Morgan fingerprint density at radius 2 is 2.00 bits per heavy atom. The number of ether oxygens (including phenoxy) is 2. The van der Waals surface area contributed by atoms with Gasteiger partial charge in [0.25, 0.3) is 0 Å². The molecule has 0 aromatic heterocycles. The van der Waals surface area contributed by atoms with Crippen LogP contribution in [0.15, 0.2) is 24.3 Å². The van der Waals surface area contributed by atoms with Crippen molar-refractivity contribution in [3.05, 3.63) is 29.8 Å². The Labute approximate surface area is 119 Å². The molecule has 1 aromatic carbocycles. The van der Waals surface area contributed by atoms with Crippen LogP contribution in [0, 0.1) is 0 Å². The van der Waals surface area contributed by atoms with Gasteiger partial charge in [0.2, 0.25) is 0 Å². The van der Waals surface area contributed by atoms with Gasteiger partial charge in [0.15, 0.2) is 0 Å². The highest BCUT2D eigenvalue weighted by Gasteiger charge is 2.28. The normalized spacial score (nSPS) is 16.9. The number of aliphatic carboxylic acids is 1. The first-order valence-corrected chi connectivity index (χ1v) is 7.05. The summed E-state index contributed by atoms with van der Waals surface area (Å²) in [6, 6.07) is 7.73. The molecule has 0 atom stereocenters. The van der Waals surface area contributed by atoms with Crippen molar-refractivity contribution in [3.63, 3.8) is 0 Å². The minimum absolute atomic E-state index is 0.0845. The molecule has 0 amide bonds. The monoisotopic (exact) mass is 278 g/mol. The lowest BCUT2D eigenvalue weighted by Crippen LogP contribution is -2.28. The number of carboxylic acid groups (broad SMARTS) is 1. The molecule has 0 radical (unpaired) electrons. The summed E-state index contributed by atoms with van der Waals surface area (Å²) in [4.78, 5) is 11.0. The zero-order chi connectivity index (χ0) is 14.6. The molecule has 0 bridgehead atoms. The van der Waals surface area contributed by atoms with Gasteiger partial charge in [0.05, 0.1) is 19.6 Å². The third kappa shape index (κ3) is 3.73. The van der Waals surface area contributed by atoms with Crippen LogP contribution in [0.2, 0.25) is 0 Å². The average molecular weight is 278 g/mol. The summed E-state index contributed by atoms with van der Waals surface area (Å²) in [5.41, 5.74) is 0.502. The molecule has 1 aliphatic rings. The Balaban J connectivity index is 2.18. The van der Waals surface area contributed by atoms with Gasteiger partial charge in [-0.05, 0) is 6.07 Å². The number of para-hydroxylation sites is 1. The maximum Gasteiger partial charge on any atom is 0.304 e. The van der Waals surface area contributed by atoms with Gasteiger partial charge in [0, 0.05) is 23.8 Å². The number of carbonyl (C=O) groups is 1. The van der Waals surface area contributed by atoms with Gasteiger partial charge >= 0.3 is 5.97 Å². The summed E-state index contributed by atoms with van der Waals surface area (Å²) < 4.78 is 11.4. The molecule has 1 aromatic rings. The molecule has 4 heteroatoms. The summed E-state index contributed by atoms with van der Waals surface area (Å²) in [6.45, 7) is 5.33. The van der Waals surface area contributed by atoms with E-state index in [1.165, 1.54) is 0 Å². The zero-order valence-electron chi connectivity index (χ0n) is 12.1. The van der Waals surface area contributed by atoms with E-state index in [2.05, 4.69) is 0 Å². The average Bonchev–Trinajstić information content (AvgIpc) is 2.39. The molecule has 20 heavy (non-hydrogen) atoms. The molecule has 0 spiro atoms. The van der Waals surface area contributed by atoms with Crippen LogP contribution in [0.1, 0.15) is 38.7 Å². The van der Waals surface area contributed by atoms with Crippen LogP contribution < -0.4 is 4.74 Å². The van der Waals surface area contributed by atoms with Crippen LogP contribution >= 0.6 is 0 Å². The lowest BCUT2D eigenvalue weighted by atomic mass is 9.81.